The van der Waals surface area contributed by atoms with E-state index in [0.29, 0.717) is 0 Å². The molecule has 1 heterocycles. The van der Waals surface area contributed by atoms with Gasteiger partial charge < -0.3 is 10.2 Å². The SMILES string of the molecule is C1CCC(NCCCN2CCCC3CCCCC32)C1. The van der Waals surface area contributed by atoms with Crippen molar-refractivity contribution in [2.45, 2.75) is 82.7 Å². The summed E-state index contributed by atoms with van der Waals surface area (Å²) >= 11 is 0. The molecular weight excluding hydrogens is 232 g/mol. The Morgan fingerprint density at radius 1 is 0.842 bits per heavy atom. The fraction of sp³-hybridized carbons (Fsp3) is 1.00. The van der Waals surface area contributed by atoms with Crippen LogP contribution in [0.3, 0.4) is 0 Å². The molecule has 19 heavy (non-hydrogen) atoms. The first kappa shape index (κ1) is 13.9. The van der Waals surface area contributed by atoms with E-state index < -0.39 is 0 Å². The van der Waals surface area contributed by atoms with Gasteiger partial charge in [-0.25, -0.2) is 0 Å². The zero-order valence-corrected chi connectivity index (χ0v) is 12.6. The smallest absolute Gasteiger partial charge is 0.0123 e. The van der Waals surface area contributed by atoms with Gasteiger partial charge in [0, 0.05) is 12.1 Å². The first-order valence-corrected chi connectivity index (χ1v) is 8.91. The fourth-order valence-electron chi connectivity index (χ4n) is 4.72. The van der Waals surface area contributed by atoms with Gasteiger partial charge in [0.05, 0.1) is 0 Å². The van der Waals surface area contributed by atoms with Crippen LogP contribution in [0.1, 0.15) is 70.6 Å². The monoisotopic (exact) mass is 264 g/mol. The van der Waals surface area contributed by atoms with Crippen molar-refractivity contribution in [1.82, 2.24) is 10.2 Å². The number of likely N-dealkylation sites (tertiary alicyclic amines) is 1. The molecule has 2 aliphatic carbocycles. The maximum atomic E-state index is 3.77. The van der Waals surface area contributed by atoms with E-state index in [9.17, 15) is 0 Å². The summed E-state index contributed by atoms with van der Waals surface area (Å²) in [6.45, 7) is 3.98. The molecule has 3 aliphatic rings. The Bertz CT molecular complexity index is 258. The first-order valence-electron chi connectivity index (χ1n) is 8.91. The van der Waals surface area contributed by atoms with Crippen LogP contribution < -0.4 is 5.32 Å². The molecule has 0 spiro atoms. The number of rotatable bonds is 5. The molecule has 0 bridgehead atoms. The van der Waals surface area contributed by atoms with E-state index in [1.165, 1.54) is 90.3 Å². The minimum atomic E-state index is 0.851. The molecule has 3 fully saturated rings. The topological polar surface area (TPSA) is 15.3 Å². The van der Waals surface area contributed by atoms with Crippen molar-refractivity contribution in [3.05, 3.63) is 0 Å². The molecule has 110 valence electrons. The van der Waals surface area contributed by atoms with Gasteiger partial charge in [-0.2, -0.15) is 0 Å². The highest BCUT2D eigenvalue weighted by Gasteiger charge is 2.32. The third-order valence-electron chi connectivity index (χ3n) is 5.77. The van der Waals surface area contributed by atoms with Crippen molar-refractivity contribution in [3.63, 3.8) is 0 Å². The zero-order chi connectivity index (χ0) is 12.9. The third kappa shape index (κ3) is 3.72. The van der Waals surface area contributed by atoms with Gasteiger partial charge in [0.25, 0.3) is 0 Å². The third-order valence-corrected chi connectivity index (χ3v) is 5.77. The molecule has 2 heteroatoms. The number of fused-ring (bicyclic) bond motifs is 1. The second kappa shape index (κ2) is 7.08. The summed E-state index contributed by atoms with van der Waals surface area (Å²) in [6, 6.07) is 1.80. The molecular formula is C17H32N2. The van der Waals surface area contributed by atoms with Crippen LogP contribution in [-0.4, -0.2) is 36.6 Å². The molecule has 1 saturated heterocycles. The number of hydrogen-bond donors (Lipinski definition) is 1. The molecule has 0 amide bonds. The quantitative estimate of drug-likeness (QED) is 0.764. The van der Waals surface area contributed by atoms with Gasteiger partial charge in [0.2, 0.25) is 0 Å². The first-order chi connectivity index (χ1) is 9.43. The van der Waals surface area contributed by atoms with Gasteiger partial charge in [-0.1, -0.05) is 25.7 Å². The molecule has 0 aromatic carbocycles. The molecule has 2 atom stereocenters. The Hall–Kier alpha value is -0.0800. The van der Waals surface area contributed by atoms with E-state index in [1.54, 1.807) is 0 Å². The van der Waals surface area contributed by atoms with E-state index in [4.69, 9.17) is 0 Å². The van der Waals surface area contributed by atoms with Crippen LogP contribution in [0.2, 0.25) is 0 Å². The molecule has 2 unspecified atom stereocenters. The summed E-state index contributed by atoms with van der Waals surface area (Å²) in [7, 11) is 0. The van der Waals surface area contributed by atoms with Gasteiger partial charge in [-0.3, -0.25) is 0 Å². The van der Waals surface area contributed by atoms with Crippen LogP contribution in [0.4, 0.5) is 0 Å². The van der Waals surface area contributed by atoms with Crippen molar-refractivity contribution in [1.29, 1.82) is 0 Å². The summed E-state index contributed by atoms with van der Waals surface area (Å²) < 4.78 is 0. The Balaban J connectivity index is 1.36. The molecule has 0 aromatic heterocycles. The highest BCUT2D eigenvalue weighted by atomic mass is 15.2. The lowest BCUT2D eigenvalue weighted by molar-refractivity contribution is 0.0600. The van der Waals surface area contributed by atoms with Crippen molar-refractivity contribution in [2.75, 3.05) is 19.6 Å². The van der Waals surface area contributed by atoms with Crippen molar-refractivity contribution < 1.29 is 0 Å². The predicted octanol–water partition coefficient (Wildman–Crippen LogP) is 3.56. The maximum Gasteiger partial charge on any atom is 0.0123 e. The summed E-state index contributed by atoms with van der Waals surface area (Å²) in [6.07, 6.45) is 16.1. The second-order valence-electron chi connectivity index (χ2n) is 7.08. The van der Waals surface area contributed by atoms with Crippen LogP contribution in [0, 0.1) is 5.92 Å². The zero-order valence-electron chi connectivity index (χ0n) is 12.6. The Kier molecular flexibility index (Phi) is 5.17. The Morgan fingerprint density at radius 2 is 1.58 bits per heavy atom. The Labute approximate surface area is 119 Å². The average Bonchev–Trinajstić information content (AvgIpc) is 2.97. The van der Waals surface area contributed by atoms with Gasteiger partial charge in [0.1, 0.15) is 0 Å². The molecule has 0 aromatic rings. The van der Waals surface area contributed by atoms with E-state index in [2.05, 4.69) is 10.2 Å². The van der Waals surface area contributed by atoms with E-state index in [1.807, 2.05) is 0 Å². The van der Waals surface area contributed by atoms with Gasteiger partial charge >= 0.3 is 0 Å². The van der Waals surface area contributed by atoms with Crippen LogP contribution in [0.25, 0.3) is 0 Å². The van der Waals surface area contributed by atoms with Crippen LogP contribution in [0.15, 0.2) is 0 Å². The Morgan fingerprint density at radius 3 is 2.47 bits per heavy atom. The highest BCUT2D eigenvalue weighted by molar-refractivity contribution is 4.87. The normalized spacial score (nSPS) is 33.5. The molecule has 2 saturated carbocycles. The second-order valence-corrected chi connectivity index (χ2v) is 7.08. The molecule has 2 nitrogen and oxygen atoms in total. The lowest BCUT2D eigenvalue weighted by Gasteiger charge is -2.44. The van der Waals surface area contributed by atoms with E-state index in [0.717, 1.165) is 18.0 Å². The summed E-state index contributed by atoms with van der Waals surface area (Å²) in [4.78, 5) is 2.84. The van der Waals surface area contributed by atoms with Crippen molar-refractivity contribution in [2.24, 2.45) is 5.92 Å². The number of nitrogens with one attached hydrogen (secondary N) is 1. The van der Waals surface area contributed by atoms with E-state index >= 15 is 0 Å². The average molecular weight is 264 g/mol. The van der Waals surface area contributed by atoms with Gasteiger partial charge in [-0.15, -0.1) is 0 Å². The molecule has 0 radical (unpaired) electrons. The standard InChI is InChI=1S/C17H32N2/c1-4-11-17-15(7-1)8-5-13-19(17)14-6-12-18-16-9-2-3-10-16/h15-18H,1-14H2. The molecule has 3 rings (SSSR count). The van der Waals surface area contributed by atoms with Gasteiger partial charge in [-0.05, 0) is 70.5 Å². The van der Waals surface area contributed by atoms with Crippen LogP contribution in [-0.2, 0) is 0 Å². The number of nitrogens with zero attached hydrogens (tertiary/aromatic N) is 1. The largest absolute Gasteiger partial charge is 0.314 e. The number of piperidine rings is 1. The van der Waals surface area contributed by atoms with Crippen molar-refractivity contribution in [3.8, 4) is 0 Å². The molecule has 1 N–H and O–H groups in total. The summed E-state index contributed by atoms with van der Waals surface area (Å²) in [5, 5.41) is 3.77. The van der Waals surface area contributed by atoms with Crippen LogP contribution in [0.5, 0.6) is 0 Å². The van der Waals surface area contributed by atoms with E-state index in [-0.39, 0.29) is 0 Å². The molecule has 1 aliphatic heterocycles. The minimum absolute atomic E-state index is 0.851. The van der Waals surface area contributed by atoms with Crippen molar-refractivity contribution >= 4 is 0 Å². The minimum Gasteiger partial charge on any atom is -0.314 e. The summed E-state index contributed by atoms with van der Waals surface area (Å²) in [5.74, 6) is 1.05. The fourth-order valence-corrected chi connectivity index (χ4v) is 4.72. The lowest BCUT2D eigenvalue weighted by Crippen LogP contribution is -2.47. The summed E-state index contributed by atoms with van der Waals surface area (Å²) in [5.41, 5.74) is 0. The highest BCUT2D eigenvalue weighted by Crippen LogP contribution is 2.35. The maximum absolute atomic E-state index is 3.77. The lowest BCUT2D eigenvalue weighted by atomic mass is 9.78. The van der Waals surface area contributed by atoms with Crippen LogP contribution >= 0.6 is 0 Å². The number of hydrogen-bond acceptors (Lipinski definition) is 2. The van der Waals surface area contributed by atoms with Gasteiger partial charge in [0.15, 0.2) is 0 Å². The predicted molar refractivity (Wildman–Crippen MR) is 81.4 cm³/mol.